The number of thiocarbonyl (C=S) groups is 1. The van der Waals surface area contributed by atoms with E-state index >= 15 is 0 Å². The topological polar surface area (TPSA) is 54.4 Å². The Hall–Kier alpha value is -2.07. The number of hydrogen-bond acceptors (Lipinski definition) is 3. The summed E-state index contributed by atoms with van der Waals surface area (Å²) in [6.45, 7) is 1.84. The number of Topliss-reactive ketones (excluding diaryl/α,β-unsaturated/α-hetero) is 1. The first-order chi connectivity index (χ1) is 9.49. The lowest BCUT2D eigenvalue weighted by Crippen LogP contribution is -2.17. The van der Waals surface area contributed by atoms with E-state index in [0.29, 0.717) is 22.4 Å². The quantitative estimate of drug-likeness (QED) is 0.681. The van der Waals surface area contributed by atoms with Crippen molar-refractivity contribution in [2.75, 3.05) is 0 Å². The molecule has 0 unspecified atom stereocenters. The average molecular weight is 286 g/mol. The normalized spacial score (nSPS) is 15.1. The van der Waals surface area contributed by atoms with Crippen molar-refractivity contribution < 1.29 is 14.7 Å². The van der Waals surface area contributed by atoms with Crippen LogP contribution in [0.5, 0.6) is 0 Å². The Morgan fingerprint density at radius 1 is 1.25 bits per heavy atom. The maximum absolute atomic E-state index is 12.2. The molecule has 1 aliphatic rings. The lowest BCUT2D eigenvalue weighted by molar-refractivity contribution is -0.132. The Morgan fingerprint density at radius 2 is 1.90 bits per heavy atom. The fourth-order valence-corrected chi connectivity index (χ4v) is 2.58. The summed E-state index contributed by atoms with van der Waals surface area (Å²) in [5.41, 5.74) is 2.08. The Kier molecular flexibility index (Phi) is 4.25. The molecule has 2 rings (SSSR count). The molecule has 1 aliphatic carbocycles. The van der Waals surface area contributed by atoms with Crippen LogP contribution in [0.15, 0.2) is 53.1 Å². The molecule has 102 valence electrons. The summed E-state index contributed by atoms with van der Waals surface area (Å²) in [4.78, 5) is 24.0. The standard InChI is InChI=1S/C16H14O3S/c1-10-7-13(16(18)19)12(15(20)8-10)9-14(17)11-5-3-2-4-6-11/h2-7H,8-9H2,1H3,(H,18,19). The molecule has 1 N–H and O–H groups in total. The summed E-state index contributed by atoms with van der Waals surface area (Å²) >= 11 is 5.25. The molecule has 0 aliphatic heterocycles. The number of rotatable bonds is 4. The Morgan fingerprint density at radius 3 is 2.50 bits per heavy atom. The molecule has 0 bridgehead atoms. The number of hydrogen-bond donors (Lipinski definition) is 1. The molecule has 3 nitrogen and oxygen atoms in total. The van der Waals surface area contributed by atoms with Crippen LogP contribution in [-0.4, -0.2) is 21.7 Å². The molecule has 0 amide bonds. The molecule has 20 heavy (non-hydrogen) atoms. The largest absolute Gasteiger partial charge is 0.478 e. The first-order valence-corrected chi connectivity index (χ1v) is 6.65. The van der Waals surface area contributed by atoms with E-state index in [9.17, 15) is 14.7 Å². The van der Waals surface area contributed by atoms with Gasteiger partial charge in [0, 0.05) is 23.3 Å². The van der Waals surface area contributed by atoms with E-state index in [4.69, 9.17) is 12.2 Å². The third kappa shape index (κ3) is 3.08. The van der Waals surface area contributed by atoms with Crippen LogP contribution in [0.4, 0.5) is 0 Å². The van der Waals surface area contributed by atoms with E-state index in [-0.39, 0.29) is 17.8 Å². The molecule has 0 heterocycles. The second kappa shape index (κ2) is 5.92. The van der Waals surface area contributed by atoms with Crippen molar-refractivity contribution in [2.24, 2.45) is 0 Å². The SMILES string of the molecule is CC1=CC(C(=O)O)=C(CC(=O)c2ccccc2)C(=S)C1. The van der Waals surface area contributed by atoms with Gasteiger partial charge in [0.25, 0.3) is 0 Å². The maximum Gasteiger partial charge on any atom is 0.336 e. The van der Waals surface area contributed by atoms with Gasteiger partial charge in [0.15, 0.2) is 5.78 Å². The highest BCUT2D eigenvalue weighted by atomic mass is 32.1. The molecule has 0 atom stereocenters. The highest BCUT2D eigenvalue weighted by molar-refractivity contribution is 7.80. The molecular formula is C16H14O3S. The van der Waals surface area contributed by atoms with Crippen molar-refractivity contribution in [1.82, 2.24) is 0 Å². The zero-order valence-electron chi connectivity index (χ0n) is 11.1. The fourth-order valence-electron chi connectivity index (χ4n) is 2.17. The molecule has 0 saturated heterocycles. The third-order valence-corrected chi connectivity index (χ3v) is 3.55. The third-order valence-electron chi connectivity index (χ3n) is 3.16. The van der Waals surface area contributed by atoms with Gasteiger partial charge in [-0.1, -0.05) is 48.1 Å². The van der Waals surface area contributed by atoms with E-state index in [0.717, 1.165) is 5.57 Å². The first kappa shape index (κ1) is 14.3. The van der Waals surface area contributed by atoms with Gasteiger partial charge >= 0.3 is 5.97 Å². The van der Waals surface area contributed by atoms with Gasteiger partial charge in [-0.2, -0.15) is 0 Å². The van der Waals surface area contributed by atoms with Crippen LogP contribution in [-0.2, 0) is 4.79 Å². The number of carbonyl (C=O) groups is 2. The second-order valence-electron chi connectivity index (χ2n) is 4.75. The summed E-state index contributed by atoms with van der Waals surface area (Å²) in [5, 5.41) is 9.25. The zero-order chi connectivity index (χ0) is 14.7. The minimum atomic E-state index is -1.04. The second-order valence-corrected chi connectivity index (χ2v) is 5.25. The van der Waals surface area contributed by atoms with Gasteiger partial charge < -0.3 is 5.11 Å². The van der Waals surface area contributed by atoms with Crippen LogP contribution in [0.25, 0.3) is 0 Å². The van der Waals surface area contributed by atoms with Crippen molar-refractivity contribution in [1.29, 1.82) is 0 Å². The van der Waals surface area contributed by atoms with Crippen LogP contribution < -0.4 is 0 Å². The van der Waals surface area contributed by atoms with Gasteiger partial charge in [-0.05, 0) is 18.6 Å². The van der Waals surface area contributed by atoms with E-state index in [2.05, 4.69) is 0 Å². The van der Waals surface area contributed by atoms with Gasteiger partial charge in [-0.15, -0.1) is 0 Å². The van der Waals surface area contributed by atoms with Crippen LogP contribution in [0.3, 0.4) is 0 Å². The summed E-state index contributed by atoms with van der Waals surface area (Å²) in [6, 6.07) is 8.83. The molecule has 4 heteroatoms. The lowest BCUT2D eigenvalue weighted by Gasteiger charge is -2.17. The monoisotopic (exact) mass is 286 g/mol. The highest BCUT2D eigenvalue weighted by Crippen LogP contribution is 2.26. The van der Waals surface area contributed by atoms with Crippen molar-refractivity contribution in [3.05, 3.63) is 58.7 Å². The Bertz CT molecular complexity index is 639. The summed E-state index contributed by atoms with van der Waals surface area (Å²) in [7, 11) is 0. The number of benzene rings is 1. The van der Waals surface area contributed by atoms with Gasteiger partial charge in [0.2, 0.25) is 0 Å². The van der Waals surface area contributed by atoms with Crippen LogP contribution in [0.2, 0.25) is 0 Å². The van der Waals surface area contributed by atoms with Crippen molar-refractivity contribution in [3.8, 4) is 0 Å². The molecule has 0 aromatic heterocycles. The molecule has 0 spiro atoms. The van der Waals surface area contributed by atoms with Crippen LogP contribution in [0, 0.1) is 0 Å². The molecule has 1 aromatic carbocycles. The Balaban J connectivity index is 2.34. The van der Waals surface area contributed by atoms with Crippen molar-refractivity contribution in [2.45, 2.75) is 19.8 Å². The van der Waals surface area contributed by atoms with Gasteiger partial charge in [-0.3, -0.25) is 4.79 Å². The van der Waals surface area contributed by atoms with E-state index in [1.54, 1.807) is 30.3 Å². The molecule has 1 aromatic rings. The summed E-state index contributed by atoms with van der Waals surface area (Å²) < 4.78 is 0. The first-order valence-electron chi connectivity index (χ1n) is 6.24. The van der Waals surface area contributed by atoms with Crippen molar-refractivity contribution >= 4 is 28.8 Å². The van der Waals surface area contributed by atoms with E-state index < -0.39 is 5.97 Å². The zero-order valence-corrected chi connectivity index (χ0v) is 11.9. The number of ketones is 1. The Labute approximate surface area is 122 Å². The van der Waals surface area contributed by atoms with Crippen LogP contribution >= 0.6 is 12.2 Å². The van der Waals surface area contributed by atoms with Gasteiger partial charge in [0.05, 0.1) is 5.57 Å². The minimum Gasteiger partial charge on any atom is -0.478 e. The minimum absolute atomic E-state index is 0.0360. The number of carbonyl (C=O) groups excluding carboxylic acids is 1. The number of carboxylic acid groups (broad SMARTS) is 1. The van der Waals surface area contributed by atoms with E-state index in [1.807, 2.05) is 13.0 Å². The molecule has 0 saturated carbocycles. The number of allylic oxidation sites excluding steroid dienone is 2. The van der Waals surface area contributed by atoms with Crippen molar-refractivity contribution in [3.63, 3.8) is 0 Å². The summed E-state index contributed by atoms with van der Waals surface area (Å²) in [5.74, 6) is -1.16. The molecular weight excluding hydrogens is 272 g/mol. The number of aliphatic carboxylic acids is 1. The van der Waals surface area contributed by atoms with Gasteiger partial charge in [-0.25, -0.2) is 4.79 Å². The van der Waals surface area contributed by atoms with E-state index in [1.165, 1.54) is 0 Å². The van der Waals surface area contributed by atoms with Crippen LogP contribution in [0.1, 0.15) is 30.1 Å². The number of carboxylic acids is 1. The smallest absolute Gasteiger partial charge is 0.336 e. The predicted molar refractivity (Wildman–Crippen MR) is 81.0 cm³/mol. The predicted octanol–water partition coefficient (Wildman–Crippen LogP) is 3.36. The molecule has 0 fully saturated rings. The fraction of sp³-hybridized carbons (Fsp3) is 0.188. The highest BCUT2D eigenvalue weighted by Gasteiger charge is 2.23. The lowest BCUT2D eigenvalue weighted by atomic mass is 9.88. The van der Waals surface area contributed by atoms with Gasteiger partial charge in [0.1, 0.15) is 0 Å². The average Bonchev–Trinajstić information content (AvgIpc) is 2.42. The summed E-state index contributed by atoms with van der Waals surface area (Å²) in [6.07, 6.45) is 2.18. The molecule has 0 radical (unpaired) electrons. The maximum atomic E-state index is 12.2.